The smallest absolute Gasteiger partial charge is 0.379 e. The average molecular weight is 597 g/mol. The van der Waals surface area contributed by atoms with Gasteiger partial charge >= 0.3 is 6.18 Å². The van der Waals surface area contributed by atoms with E-state index in [-0.39, 0.29) is 41.7 Å². The van der Waals surface area contributed by atoms with Crippen LogP contribution in [0.4, 0.5) is 23.2 Å². The number of aromatic nitrogens is 5. The molecule has 1 fully saturated rings. The van der Waals surface area contributed by atoms with Gasteiger partial charge in [-0.1, -0.05) is 29.4 Å². The first-order valence-electron chi connectivity index (χ1n) is 13.6. The van der Waals surface area contributed by atoms with Crippen molar-refractivity contribution in [2.24, 2.45) is 0 Å². The summed E-state index contributed by atoms with van der Waals surface area (Å²) in [6.07, 6.45) is -2.03. The third-order valence-electron chi connectivity index (χ3n) is 7.34. The number of likely N-dealkylation sites (tertiary alicyclic amines) is 1. The van der Waals surface area contributed by atoms with Gasteiger partial charge in [0.25, 0.3) is 5.91 Å². The van der Waals surface area contributed by atoms with E-state index in [1.165, 1.54) is 12.4 Å². The van der Waals surface area contributed by atoms with Crippen molar-refractivity contribution in [2.45, 2.75) is 37.9 Å². The number of amides is 1. The van der Waals surface area contributed by atoms with Crippen LogP contribution >= 0.6 is 0 Å². The topological polar surface area (TPSA) is 106 Å². The molecular weight excluding hydrogens is 568 g/mol. The maximum Gasteiger partial charge on any atom is 0.406 e. The Morgan fingerprint density at radius 3 is 2.72 bits per heavy atom. The highest BCUT2D eigenvalue weighted by atomic mass is 19.4. The first-order chi connectivity index (χ1) is 20.6. The number of nitrogens with zero attached hydrogens (tertiary/aromatic N) is 6. The van der Waals surface area contributed by atoms with E-state index >= 15 is 0 Å². The van der Waals surface area contributed by atoms with Crippen LogP contribution in [0.2, 0.25) is 0 Å². The number of rotatable bonds is 8. The van der Waals surface area contributed by atoms with E-state index in [0.717, 1.165) is 10.3 Å². The molecule has 10 nitrogen and oxygen atoms in total. The number of nitrogens with one attached hydrogen (secondary N) is 2. The Kier molecular flexibility index (Phi) is 7.61. The molecule has 4 heterocycles. The summed E-state index contributed by atoms with van der Waals surface area (Å²) in [6.45, 7) is -0.485. The van der Waals surface area contributed by atoms with Crippen LogP contribution in [0.5, 0.6) is 0 Å². The van der Waals surface area contributed by atoms with E-state index in [1.54, 1.807) is 29.0 Å². The number of fused-ring (bicyclic) bond motifs is 1. The molecule has 2 unspecified atom stereocenters. The molecule has 0 aliphatic carbocycles. The molecule has 0 spiro atoms. The van der Waals surface area contributed by atoms with Crippen molar-refractivity contribution in [3.63, 3.8) is 0 Å². The van der Waals surface area contributed by atoms with Gasteiger partial charge in [0.05, 0.1) is 23.8 Å². The number of piperidine rings is 1. The van der Waals surface area contributed by atoms with Gasteiger partial charge in [-0.05, 0) is 43.8 Å². The minimum absolute atomic E-state index is 0.000369. The SMILES string of the molecule is CN1CCC(Nc2cccc3c2cc(-c2noc(CNC(=O)c4cn(-c5ccccc5)cn4)n2)n3CC(F)(F)F)C(F)C1. The average Bonchev–Trinajstić information content (AvgIpc) is 3.73. The number of hydrogen-bond donors (Lipinski definition) is 2. The number of anilines is 1. The van der Waals surface area contributed by atoms with E-state index in [9.17, 15) is 22.4 Å². The predicted molar refractivity (Wildman–Crippen MR) is 150 cm³/mol. The van der Waals surface area contributed by atoms with Gasteiger partial charge in [-0.15, -0.1) is 0 Å². The minimum Gasteiger partial charge on any atom is -0.379 e. The zero-order chi connectivity index (χ0) is 30.1. The van der Waals surface area contributed by atoms with Crippen LogP contribution in [0.1, 0.15) is 22.8 Å². The first kappa shape index (κ1) is 28.4. The van der Waals surface area contributed by atoms with Gasteiger partial charge in [0.1, 0.15) is 24.7 Å². The first-order valence-corrected chi connectivity index (χ1v) is 13.6. The molecule has 1 saturated heterocycles. The van der Waals surface area contributed by atoms with Crippen molar-refractivity contribution in [1.82, 2.24) is 34.5 Å². The Morgan fingerprint density at radius 1 is 1.14 bits per heavy atom. The fourth-order valence-corrected chi connectivity index (χ4v) is 5.22. The molecule has 3 aromatic heterocycles. The Labute approximate surface area is 243 Å². The van der Waals surface area contributed by atoms with Crippen LogP contribution in [-0.4, -0.2) is 73.6 Å². The number of carbonyl (C=O) groups excluding carboxylic acids is 1. The molecule has 224 valence electrons. The second kappa shape index (κ2) is 11.5. The molecule has 0 bridgehead atoms. The molecule has 1 amide bonds. The van der Waals surface area contributed by atoms with E-state index < -0.39 is 30.8 Å². The molecule has 5 aromatic rings. The monoisotopic (exact) mass is 596 g/mol. The van der Waals surface area contributed by atoms with Crippen LogP contribution < -0.4 is 10.6 Å². The standard InChI is InChI=1S/C29H28F4N8O2/c1-39-11-10-22(20(30)14-39)36-21-8-5-9-24-19(21)12-25(41(24)16-29(31,32)33)27-37-26(43-38-27)13-34-28(42)23-15-40(17-35-23)18-6-3-2-4-7-18/h2-9,12,15,17,20,22,36H,10-11,13-14,16H2,1H3,(H,34,42). The third kappa shape index (κ3) is 6.23. The van der Waals surface area contributed by atoms with E-state index in [4.69, 9.17) is 4.52 Å². The van der Waals surface area contributed by atoms with Crippen LogP contribution in [0.25, 0.3) is 28.1 Å². The highest BCUT2D eigenvalue weighted by Gasteiger charge is 2.32. The second-order valence-electron chi connectivity index (χ2n) is 10.5. The molecule has 6 rings (SSSR count). The van der Waals surface area contributed by atoms with E-state index in [2.05, 4.69) is 25.8 Å². The summed E-state index contributed by atoms with van der Waals surface area (Å²) in [6, 6.07) is 15.3. The Balaban J connectivity index is 1.23. The molecule has 1 aliphatic heterocycles. The fourth-order valence-electron chi connectivity index (χ4n) is 5.22. The number of halogens is 4. The molecule has 2 atom stereocenters. The van der Waals surface area contributed by atoms with Gasteiger partial charge in [-0.25, -0.2) is 9.37 Å². The zero-order valence-electron chi connectivity index (χ0n) is 23.1. The van der Waals surface area contributed by atoms with Crippen LogP contribution in [0, 0.1) is 0 Å². The van der Waals surface area contributed by atoms with Crippen molar-refractivity contribution in [3.8, 4) is 17.2 Å². The van der Waals surface area contributed by atoms with Crippen molar-refractivity contribution in [1.29, 1.82) is 0 Å². The lowest BCUT2D eigenvalue weighted by Crippen LogP contribution is -2.46. The molecular formula is C29H28F4N8O2. The summed E-state index contributed by atoms with van der Waals surface area (Å²) in [4.78, 5) is 23.0. The lowest BCUT2D eigenvalue weighted by atomic mass is 10.0. The van der Waals surface area contributed by atoms with Crippen LogP contribution in [0.15, 0.2) is 71.6 Å². The summed E-state index contributed by atoms with van der Waals surface area (Å²) < 4.78 is 63.8. The molecule has 0 radical (unpaired) electrons. The van der Waals surface area contributed by atoms with Crippen LogP contribution in [0.3, 0.4) is 0 Å². The lowest BCUT2D eigenvalue weighted by Gasteiger charge is -2.33. The number of hydrogen-bond acceptors (Lipinski definition) is 7. The zero-order valence-corrected chi connectivity index (χ0v) is 23.1. The Bertz CT molecular complexity index is 1730. The predicted octanol–water partition coefficient (Wildman–Crippen LogP) is 4.82. The third-order valence-corrected chi connectivity index (χ3v) is 7.34. The number of para-hydroxylation sites is 1. The molecule has 2 N–H and O–H groups in total. The van der Waals surface area contributed by atoms with Crippen molar-refractivity contribution >= 4 is 22.5 Å². The van der Waals surface area contributed by atoms with Gasteiger partial charge < -0.3 is 29.2 Å². The second-order valence-corrected chi connectivity index (χ2v) is 10.5. The Hall–Kier alpha value is -4.72. The largest absolute Gasteiger partial charge is 0.406 e. The number of alkyl halides is 4. The van der Waals surface area contributed by atoms with E-state index in [1.807, 2.05) is 42.3 Å². The maximum atomic E-state index is 14.8. The minimum atomic E-state index is -4.54. The number of carbonyl (C=O) groups is 1. The number of imidazole rings is 1. The highest BCUT2D eigenvalue weighted by molar-refractivity contribution is 5.96. The number of benzene rings is 2. The Morgan fingerprint density at radius 2 is 1.95 bits per heavy atom. The van der Waals surface area contributed by atoms with Crippen molar-refractivity contribution in [2.75, 3.05) is 25.5 Å². The molecule has 0 saturated carbocycles. The molecule has 1 aliphatic rings. The summed E-state index contributed by atoms with van der Waals surface area (Å²) in [5.74, 6) is -0.567. The summed E-state index contributed by atoms with van der Waals surface area (Å²) in [5.41, 5.74) is 1.87. The van der Waals surface area contributed by atoms with Crippen molar-refractivity contribution in [3.05, 3.63) is 78.7 Å². The molecule has 14 heteroatoms. The van der Waals surface area contributed by atoms with E-state index in [0.29, 0.717) is 24.0 Å². The fraction of sp³-hybridized carbons (Fsp3) is 0.310. The lowest BCUT2D eigenvalue weighted by molar-refractivity contribution is -0.139. The van der Waals surface area contributed by atoms with Gasteiger partial charge in [0.15, 0.2) is 0 Å². The van der Waals surface area contributed by atoms with Gasteiger partial charge in [0, 0.05) is 36.0 Å². The molecule has 43 heavy (non-hydrogen) atoms. The quantitative estimate of drug-likeness (QED) is 0.248. The summed E-state index contributed by atoms with van der Waals surface area (Å²) in [5, 5.41) is 10.2. The van der Waals surface area contributed by atoms with Gasteiger partial charge in [-0.3, -0.25) is 4.79 Å². The van der Waals surface area contributed by atoms with Crippen molar-refractivity contribution < 1.29 is 26.9 Å². The molecule has 2 aromatic carbocycles. The van der Waals surface area contributed by atoms with Gasteiger partial charge in [-0.2, -0.15) is 18.2 Å². The normalized spacial score (nSPS) is 17.8. The van der Waals surface area contributed by atoms with Gasteiger partial charge in [0.2, 0.25) is 11.7 Å². The summed E-state index contributed by atoms with van der Waals surface area (Å²) in [7, 11) is 1.84. The highest BCUT2D eigenvalue weighted by Crippen LogP contribution is 2.35. The van der Waals surface area contributed by atoms with Crippen LogP contribution in [-0.2, 0) is 13.1 Å². The maximum absolute atomic E-state index is 14.8. The summed E-state index contributed by atoms with van der Waals surface area (Å²) >= 11 is 0.